The summed E-state index contributed by atoms with van der Waals surface area (Å²) in [6.45, 7) is 1.60. The van der Waals surface area contributed by atoms with Crippen molar-refractivity contribution in [1.29, 1.82) is 0 Å². The van der Waals surface area contributed by atoms with E-state index in [4.69, 9.17) is 21.1 Å². The van der Waals surface area contributed by atoms with E-state index in [9.17, 15) is 19.2 Å². The van der Waals surface area contributed by atoms with Crippen molar-refractivity contribution in [2.45, 2.75) is 29.7 Å². The van der Waals surface area contributed by atoms with E-state index in [1.54, 1.807) is 37.3 Å². The average molecular weight is 545 g/mol. The van der Waals surface area contributed by atoms with Crippen molar-refractivity contribution in [2.75, 3.05) is 18.6 Å². The molecule has 8 nitrogen and oxygen atoms in total. The van der Waals surface area contributed by atoms with Crippen LogP contribution in [-0.4, -0.2) is 41.3 Å². The number of carbonyl (C=O) groups is 3. The van der Waals surface area contributed by atoms with Gasteiger partial charge in [0.15, 0.2) is 0 Å². The number of amides is 2. The van der Waals surface area contributed by atoms with Crippen LogP contribution < -0.4 is 14.5 Å². The molecule has 0 unspecified atom stereocenters. The van der Waals surface area contributed by atoms with Crippen molar-refractivity contribution in [2.24, 2.45) is 5.92 Å². The lowest BCUT2D eigenvalue weighted by molar-refractivity contribution is -0.144. The van der Waals surface area contributed by atoms with Crippen LogP contribution in [0.15, 0.2) is 58.4 Å². The molecular formula is C25H21ClN2O6S2. The number of thioether (sulfide) groups is 1. The summed E-state index contributed by atoms with van der Waals surface area (Å²) in [6, 6.07) is 13.8. The van der Waals surface area contributed by atoms with Crippen molar-refractivity contribution in [3.63, 3.8) is 0 Å². The summed E-state index contributed by atoms with van der Waals surface area (Å²) in [4.78, 5) is 54.2. The van der Waals surface area contributed by atoms with Crippen LogP contribution in [0.2, 0.25) is 5.02 Å². The number of nitrogens with zero attached hydrogens (tertiary/aromatic N) is 2. The fraction of sp³-hybridized carbons (Fsp3) is 0.280. The van der Waals surface area contributed by atoms with E-state index in [1.807, 2.05) is 18.2 Å². The molecule has 11 heteroatoms. The van der Waals surface area contributed by atoms with Gasteiger partial charge in [-0.05, 0) is 37.3 Å². The molecule has 1 aromatic heterocycles. The normalized spacial score (nSPS) is 20.8. The van der Waals surface area contributed by atoms with Crippen LogP contribution in [0.4, 0.5) is 5.69 Å². The third kappa shape index (κ3) is 4.03. The van der Waals surface area contributed by atoms with Crippen molar-refractivity contribution in [3.05, 3.63) is 73.7 Å². The van der Waals surface area contributed by atoms with Gasteiger partial charge in [-0.15, -0.1) is 0 Å². The van der Waals surface area contributed by atoms with Crippen LogP contribution in [-0.2, 0) is 25.7 Å². The second kappa shape index (κ2) is 9.76. The van der Waals surface area contributed by atoms with Gasteiger partial charge in [0, 0.05) is 21.4 Å². The van der Waals surface area contributed by atoms with E-state index < -0.39 is 23.1 Å². The average Bonchev–Trinajstić information content (AvgIpc) is 3.31. The summed E-state index contributed by atoms with van der Waals surface area (Å²) in [5, 5.41) is 0.189. The number of para-hydroxylation sites is 1. The molecule has 5 rings (SSSR count). The first-order valence-corrected chi connectivity index (χ1v) is 13.2. The minimum atomic E-state index is -0.793. The number of anilines is 1. The molecule has 2 aromatic carbocycles. The molecule has 3 aromatic rings. The van der Waals surface area contributed by atoms with Crippen LogP contribution in [0, 0.1) is 5.92 Å². The van der Waals surface area contributed by atoms with Crippen molar-refractivity contribution in [1.82, 2.24) is 4.57 Å². The Balaban J connectivity index is 1.67. The molecule has 1 fully saturated rings. The predicted octanol–water partition coefficient (Wildman–Crippen LogP) is 3.93. The van der Waals surface area contributed by atoms with Gasteiger partial charge < -0.3 is 9.47 Å². The molecule has 0 spiro atoms. The number of hydrogen-bond donors (Lipinski definition) is 0. The van der Waals surface area contributed by atoms with E-state index in [0.29, 0.717) is 31.9 Å². The number of aromatic nitrogens is 1. The highest BCUT2D eigenvalue weighted by Crippen LogP contribution is 2.55. The fourth-order valence-corrected chi connectivity index (χ4v) is 7.58. The Morgan fingerprint density at radius 2 is 1.78 bits per heavy atom. The summed E-state index contributed by atoms with van der Waals surface area (Å²) in [5.41, 5.74) is 1.12. The molecule has 36 heavy (non-hydrogen) atoms. The number of hydrogen-bond acceptors (Lipinski definition) is 8. The molecule has 2 aliphatic heterocycles. The van der Waals surface area contributed by atoms with Crippen LogP contribution in [0.1, 0.15) is 23.3 Å². The van der Waals surface area contributed by atoms with E-state index in [-0.39, 0.29) is 29.8 Å². The SMILES string of the molecule is CCOC(=O)Cn1c2c(sc1=O)[C@@H](c1ccccc1OC)[C@@H]1C(=O)N(c3ccc(Cl)cc3)C(=O)[C@@H]1S2. The van der Waals surface area contributed by atoms with Gasteiger partial charge in [-0.2, -0.15) is 0 Å². The number of thiazole rings is 1. The zero-order valence-electron chi connectivity index (χ0n) is 19.3. The lowest BCUT2D eigenvalue weighted by Gasteiger charge is -2.31. The first-order valence-electron chi connectivity index (χ1n) is 11.2. The van der Waals surface area contributed by atoms with E-state index >= 15 is 0 Å². The van der Waals surface area contributed by atoms with Gasteiger partial charge in [-0.1, -0.05) is 52.9 Å². The topological polar surface area (TPSA) is 94.9 Å². The number of benzene rings is 2. The van der Waals surface area contributed by atoms with Gasteiger partial charge in [0.25, 0.3) is 0 Å². The number of esters is 1. The summed E-state index contributed by atoms with van der Waals surface area (Å²) in [6.07, 6.45) is 0. The van der Waals surface area contributed by atoms with Crippen LogP contribution in [0.3, 0.4) is 0 Å². The molecule has 0 saturated carbocycles. The van der Waals surface area contributed by atoms with Gasteiger partial charge in [0.2, 0.25) is 11.8 Å². The molecule has 0 radical (unpaired) electrons. The summed E-state index contributed by atoms with van der Waals surface area (Å²) in [5.74, 6) is -2.13. The predicted molar refractivity (Wildman–Crippen MR) is 137 cm³/mol. The largest absolute Gasteiger partial charge is 0.496 e. The van der Waals surface area contributed by atoms with Crippen LogP contribution in [0.5, 0.6) is 5.75 Å². The molecule has 3 heterocycles. The molecule has 186 valence electrons. The van der Waals surface area contributed by atoms with Gasteiger partial charge in [0.05, 0.1) is 30.3 Å². The Labute approximate surface area is 219 Å². The molecule has 0 bridgehead atoms. The van der Waals surface area contributed by atoms with E-state index in [1.165, 1.54) is 16.6 Å². The van der Waals surface area contributed by atoms with Crippen molar-refractivity contribution < 1.29 is 23.9 Å². The highest BCUT2D eigenvalue weighted by Gasteiger charge is 2.57. The molecule has 0 N–H and O–H groups in total. The molecule has 2 aliphatic rings. The zero-order chi connectivity index (χ0) is 25.6. The maximum absolute atomic E-state index is 13.8. The third-order valence-corrected chi connectivity index (χ3v) is 9.06. The molecule has 0 aliphatic carbocycles. The van der Waals surface area contributed by atoms with Crippen LogP contribution in [0.25, 0.3) is 0 Å². The Kier molecular flexibility index (Phi) is 6.67. The zero-order valence-corrected chi connectivity index (χ0v) is 21.7. The second-order valence-corrected chi connectivity index (χ2v) is 10.8. The number of ether oxygens (including phenoxy) is 2. The smallest absolute Gasteiger partial charge is 0.326 e. The summed E-state index contributed by atoms with van der Waals surface area (Å²) >= 11 is 8.14. The number of imide groups is 1. The van der Waals surface area contributed by atoms with Crippen molar-refractivity contribution in [3.8, 4) is 5.75 Å². The molecule has 3 atom stereocenters. The van der Waals surface area contributed by atoms with Gasteiger partial charge in [0.1, 0.15) is 17.5 Å². The third-order valence-electron chi connectivity index (χ3n) is 6.20. The summed E-state index contributed by atoms with van der Waals surface area (Å²) in [7, 11) is 1.53. The Hall–Kier alpha value is -3.08. The van der Waals surface area contributed by atoms with Crippen molar-refractivity contribution >= 4 is 58.2 Å². The highest BCUT2D eigenvalue weighted by atomic mass is 35.5. The van der Waals surface area contributed by atoms with Crippen LogP contribution >= 0.6 is 34.7 Å². The van der Waals surface area contributed by atoms with E-state index in [0.717, 1.165) is 23.1 Å². The first kappa shape index (κ1) is 24.6. The standard InChI is InChI=1S/C25H21ClN2O6S2/c1-3-34-17(29)12-27-24-21(36-25(27)32)18(15-6-4-5-7-16(15)33-2)19-20(35-24)23(31)28(22(19)30)14-10-8-13(26)9-11-14/h4-11,18-20H,3,12H2,1-2H3/t18-,19-,20+/m0/s1. The highest BCUT2D eigenvalue weighted by molar-refractivity contribution is 8.00. The Morgan fingerprint density at radius 1 is 1.06 bits per heavy atom. The minimum Gasteiger partial charge on any atom is -0.496 e. The lowest BCUT2D eigenvalue weighted by Crippen LogP contribution is -2.33. The number of fused-ring (bicyclic) bond motifs is 2. The molecule has 1 saturated heterocycles. The number of methoxy groups -OCH3 is 1. The van der Waals surface area contributed by atoms with Gasteiger partial charge in [-0.25, -0.2) is 4.90 Å². The monoisotopic (exact) mass is 544 g/mol. The second-order valence-electron chi connectivity index (χ2n) is 8.20. The number of carbonyl (C=O) groups excluding carboxylic acids is 3. The van der Waals surface area contributed by atoms with Gasteiger partial charge >= 0.3 is 10.8 Å². The number of rotatable bonds is 6. The summed E-state index contributed by atoms with van der Waals surface area (Å²) < 4.78 is 12.0. The van der Waals surface area contributed by atoms with E-state index in [2.05, 4.69) is 0 Å². The fourth-order valence-electron chi connectivity index (χ4n) is 4.69. The Bertz CT molecular complexity index is 1420. The first-order chi connectivity index (χ1) is 17.3. The van der Waals surface area contributed by atoms with Gasteiger partial charge in [-0.3, -0.25) is 23.7 Å². The maximum atomic E-state index is 13.8. The molecule has 2 amide bonds. The Morgan fingerprint density at radius 3 is 2.47 bits per heavy atom. The molecular weight excluding hydrogens is 524 g/mol. The maximum Gasteiger partial charge on any atom is 0.326 e. The quantitative estimate of drug-likeness (QED) is 0.343. The lowest BCUT2D eigenvalue weighted by atomic mass is 9.82. The number of halogens is 1. The minimum absolute atomic E-state index is 0.185.